The average Bonchev–Trinajstić information content (AvgIpc) is 2.97. The number of rotatable bonds is 12. The predicted octanol–water partition coefficient (Wildman–Crippen LogP) is 5.83. The first kappa shape index (κ1) is 30.3. The molecule has 4 aromatic rings. The van der Waals surface area contributed by atoms with E-state index in [1.807, 2.05) is 42.5 Å². The summed E-state index contributed by atoms with van der Waals surface area (Å²) in [7, 11) is -3.94. The number of aliphatic hydroxyl groups is 1. The first-order valence-electron chi connectivity index (χ1n) is 13.2. The molecule has 0 radical (unpaired) electrons. The molecule has 0 saturated carbocycles. The molecule has 4 aromatic carbocycles. The van der Waals surface area contributed by atoms with Crippen LogP contribution in [0.15, 0.2) is 107 Å². The first-order chi connectivity index (χ1) is 19.7. The van der Waals surface area contributed by atoms with Crippen LogP contribution >= 0.6 is 11.6 Å². The van der Waals surface area contributed by atoms with Crippen molar-refractivity contribution in [1.29, 1.82) is 0 Å². The van der Waals surface area contributed by atoms with Gasteiger partial charge in [0.05, 0.1) is 22.5 Å². The first-order valence-corrected chi connectivity index (χ1v) is 15.1. The molecule has 2 N–H and O–H groups in total. The normalized spacial score (nSPS) is 12.3. The van der Waals surface area contributed by atoms with Gasteiger partial charge >= 0.3 is 5.97 Å². The second kappa shape index (κ2) is 13.8. The molecular weight excluding hydrogens is 562 g/mol. The summed E-state index contributed by atoms with van der Waals surface area (Å²) in [6, 6.07) is 27.3. The Bertz CT molecular complexity index is 1580. The van der Waals surface area contributed by atoms with E-state index in [9.17, 15) is 23.4 Å². The van der Waals surface area contributed by atoms with Crippen LogP contribution in [-0.2, 0) is 27.5 Å². The van der Waals surface area contributed by atoms with Crippen LogP contribution < -0.4 is 0 Å². The van der Waals surface area contributed by atoms with Gasteiger partial charge in [-0.3, -0.25) is 4.90 Å². The van der Waals surface area contributed by atoms with Gasteiger partial charge in [-0.05, 0) is 72.5 Å². The molecule has 41 heavy (non-hydrogen) atoms. The topological polar surface area (TPSA) is 104 Å². The van der Waals surface area contributed by atoms with Crippen LogP contribution in [0.5, 0.6) is 5.75 Å². The molecule has 7 nitrogen and oxygen atoms in total. The smallest absolute Gasteiger partial charge is 0.341 e. The molecule has 0 saturated heterocycles. The maximum absolute atomic E-state index is 13.3. The van der Waals surface area contributed by atoms with Gasteiger partial charge in [0.2, 0.25) is 9.84 Å². The van der Waals surface area contributed by atoms with E-state index in [0.29, 0.717) is 31.1 Å². The summed E-state index contributed by atoms with van der Waals surface area (Å²) in [6.45, 7) is 3.37. The van der Waals surface area contributed by atoms with E-state index >= 15 is 0 Å². The van der Waals surface area contributed by atoms with Gasteiger partial charge in [-0.25, -0.2) is 13.2 Å². The van der Waals surface area contributed by atoms with E-state index in [1.54, 1.807) is 31.2 Å². The zero-order valence-corrected chi connectivity index (χ0v) is 24.2. The van der Waals surface area contributed by atoms with Crippen LogP contribution in [0.1, 0.15) is 40.1 Å². The number of nitrogens with zero attached hydrogens (tertiary/aromatic N) is 1. The second-order valence-corrected chi connectivity index (χ2v) is 12.0. The van der Waals surface area contributed by atoms with Crippen molar-refractivity contribution in [3.05, 3.63) is 124 Å². The monoisotopic (exact) mass is 593 g/mol. The number of sulfone groups is 1. The van der Waals surface area contributed by atoms with Crippen LogP contribution in [0.2, 0.25) is 5.02 Å². The summed E-state index contributed by atoms with van der Waals surface area (Å²) in [4.78, 5) is 14.2. The lowest BCUT2D eigenvalue weighted by molar-refractivity contribution is 0.0522. The third-order valence-corrected chi connectivity index (χ3v) is 8.64. The molecule has 0 aliphatic rings. The van der Waals surface area contributed by atoms with Gasteiger partial charge in [0.25, 0.3) is 0 Å². The van der Waals surface area contributed by atoms with Crippen molar-refractivity contribution in [3.8, 4) is 5.75 Å². The molecule has 0 aliphatic carbocycles. The zero-order chi connectivity index (χ0) is 29.4. The number of aromatic hydroxyl groups is 1. The Morgan fingerprint density at radius 2 is 1.61 bits per heavy atom. The van der Waals surface area contributed by atoms with Crippen molar-refractivity contribution in [1.82, 2.24) is 4.90 Å². The Kier molecular flexibility index (Phi) is 10.2. The molecule has 0 bridgehead atoms. The number of hydrogen-bond acceptors (Lipinski definition) is 7. The van der Waals surface area contributed by atoms with E-state index in [2.05, 4.69) is 4.90 Å². The second-order valence-electron chi connectivity index (χ2n) is 9.59. The summed E-state index contributed by atoms with van der Waals surface area (Å²) in [6.07, 6.45) is -0.100. The quantitative estimate of drug-likeness (QED) is 0.199. The number of aliphatic hydroxyl groups excluding tert-OH is 1. The average molecular weight is 594 g/mol. The predicted molar refractivity (Wildman–Crippen MR) is 158 cm³/mol. The molecule has 0 aromatic heterocycles. The van der Waals surface area contributed by atoms with Crippen molar-refractivity contribution < 1.29 is 28.2 Å². The van der Waals surface area contributed by atoms with E-state index in [0.717, 1.165) is 22.8 Å². The highest BCUT2D eigenvalue weighted by Gasteiger charge is 2.22. The maximum Gasteiger partial charge on any atom is 0.341 e. The summed E-state index contributed by atoms with van der Waals surface area (Å²) in [5.41, 5.74) is 2.58. The molecule has 9 heteroatoms. The van der Waals surface area contributed by atoms with Gasteiger partial charge in [0.15, 0.2) is 0 Å². The molecule has 0 aliphatic heterocycles. The molecule has 0 fully saturated rings. The number of carbonyl (C=O) groups excluding carboxylic acids is 1. The van der Waals surface area contributed by atoms with Gasteiger partial charge in [0, 0.05) is 24.7 Å². The Morgan fingerprint density at radius 1 is 0.902 bits per heavy atom. The van der Waals surface area contributed by atoms with Crippen LogP contribution in [0, 0.1) is 0 Å². The maximum atomic E-state index is 13.3. The number of phenols is 1. The van der Waals surface area contributed by atoms with Crippen LogP contribution in [0.3, 0.4) is 0 Å². The number of benzene rings is 4. The van der Waals surface area contributed by atoms with Crippen molar-refractivity contribution in [2.24, 2.45) is 0 Å². The molecule has 0 heterocycles. The van der Waals surface area contributed by atoms with Crippen LogP contribution in [0.4, 0.5) is 0 Å². The van der Waals surface area contributed by atoms with Crippen LogP contribution in [0.25, 0.3) is 0 Å². The Balaban J connectivity index is 1.48. The molecule has 1 atom stereocenters. The Morgan fingerprint density at radius 3 is 2.29 bits per heavy atom. The van der Waals surface area contributed by atoms with Crippen molar-refractivity contribution in [3.63, 3.8) is 0 Å². The molecule has 214 valence electrons. The Labute approximate surface area is 245 Å². The molecule has 0 spiro atoms. The lowest BCUT2D eigenvalue weighted by Gasteiger charge is -2.25. The van der Waals surface area contributed by atoms with Gasteiger partial charge in [-0.15, -0.1) is 0 Å². The fourth-order valence-corrected chi connectivity index (χ4v) is 5.94. The summed E-state index contributed by atoms with van der Waals surface area (Å²) in [5, 5.41) is 21.5. The molecule has 4 rings (SSSR count). The summed E-state index contributed by atoms with van der Waals surface area (Å²) < 4.78 is 31.4. The Hall–Kier alpha value is -3.69. The molecule has 0 unspecified atom stereocenters. The largest absolute Gasteiger partial charge is 0.507 e. The van der Waals surface area contributed by atoms with Crippen LogP contribution in [-0.4, -0.2) is 49.2 Å². The SMILES string of the molecule is CCOC(=O)c1cc(S(=O)(=O)c2ccc(CCN(Cc3ccccc3)C[C@@H](O)c3cccc(Cl)c3)cc2)ccc1O. The number of ether oxygens (including phenoxy) is 1. The van der Waals surface area contributed by atoms with Gasteiger partial charge < -0.3 is 14.9 Å². The fourth-order valence-electron chi connectivity index (χ4n) is 4.45. The zero-order valence-electron chi connectivity index (χ0n) is 22.6. The van der Waals surface area contributed by atoms with Gasteiger partial charge in [-0.1, -0.05) is 66.2 Å². The molecular formula is C32H32ClNO6S. The van der Waals surface area contributed by atoms with Gasteiger partial charge in [0.1, 0.15) is 11.3 Å². The third kappa shape index (κ3) is 7.95. The van der Waals surface area contributed by atoms with E-state index in [1.165, 1.54) is 24.3 Å². The minimum Gasteiger partial charge on any atom is -0.507 e. The van der Waals surface area contributed by atoms with Crippen molar-refractivity contribution in [2.75, 3.05) is 19.7 Å². The minimum absolute atomic E-state index is 0.0688. The minimum atomic E-state index is -3.94. The lowest BCUT2D eigenvalue weighted by Crippen LogP contribution is -2.30. The number of carbonyl (C=O) groups is 1. The van der Waals surface area contributed by atoms with E-state index in [4.69, 9.17) is 16.3 Å². The highest BCUT2D eigenvalue weighted by Crippen LogP contribution is 2.27. The van der Waals surface area contributed by atoms with Crippen molar-refractivity contribution >= 4 is 27.4 Å². The number of phenolic OH excluding ortho intramolecular Hbond substituents is 1. The summed E-state index contributed by atoms with van der Waals surface area (Å²) in [5.74, 6) is -1.14. The van der Waals surface area contributed by atoms with E-state index in [-0.39, 0.29) is 27.7 Å². The fraction of sp³-hybridized carbons (Fsp3) is 0.219. The van der Waals surface area contributed by atoms with Crippen molar-refractivity contribution in [2.45, 2.75) is 35.8 Å². The van der Waals surface area contributed by atoms with Gasteiger partial charge in [-0.2, -0.15) is 0 Å². The van der Waals surface area contributed by atoms with E-state index < -0.39 is 21.9 Å². The molecule has 0 amide bonds. The standard InChI is InChI=1S/C32H32ClNO6S/c1-2-40-32(37)29-20-28(15-16-30(29)35)41(38,39)27-13-11-23(12-14-27)17-18-34(21-24-7-4-3-5-8-24)22-31(36)25-9-6-10-26(33)19-25/h3-16,19-20,31,35-36H,2,17-18,21-22H2,1H3/t31-/m1/s1. The number of halogens is 1. The lowest BCUT2D eigenvalue weighted by atomic mass is 10.1. The number of hydrogen-bond donors (Lipinski definition) is 2. The third-order valence-electron chi connectivity index (χ3n) is 6.64. The highest BCUT2D eigenvalue weighted by atomic mass is 35.5. The summed E-state index contributed by atoms with van der Waals surface area (Å²) >= 11 is 6.12. The highest BCUT2D eigenvalue weighted by molar-refractivity contribution is 7.91. The number of esters is 1.